The second-order valence-electron chi connectivity index (χ2n) is 4.63. The molecule has 0 atom stereocenters. The van der Waals surface area contributed by atoms with Gasteiger partial charge in [0.25, 0.3) is 0 Å². The second-order valence-corrected chi connectivity index (χ2v) is 4.63. The van der Waals surface area contributed by atoms with Crippen molar-refractivity contribution in [3.05, 3.63) is 29.8 Å². The van der Waals surface area contributed by atoms with Crippen LogP contribution in [-0.4, -0.2) is 41.0 Å². The topological polar surface area (TPSA) is 93.4 Å². The Morgan fingerprint density at radius 3 is 2.35 bits per heavy atom. The van der Waals surface area contributed by atoms with Gasteiger partial charge in [-0.3, -0.25) is 14.5 Å². The van der Waals surface area contributed by atoms with Crippen molar-refractivity contribution in [3.63, 3.8) is 0 Å². The normalized spacial score (nSPS) is 10.3. The minimum atomic E-state index is -0.968. The monoisotopic (exact) mass is 275 g/mol. The van der Waals surface area contributed by atoms with E-state index < -0.39 is 5.97 Å². The molecule has 0 unspecified atom stereocenters. The number of carbonyl (C=O) groups excluding carboxylic acids is 1. The molecule has 0 aliphatic heterocycles. The Balaban J connectivity index is 2.60. The highest BCUT2D eigenvalue weighted by Gasteiger charge is 2.16. The van der Waals surface area contributed by atoms with Crippen LogP contribution < -0.4 is 5.32 Å². The maximum atomic E-state index is 11.9. The van der Waals surface area contributed by atoms with Crippen LogP contribution in [0.4, 0.5) is 5.69 Å². The van der Waals surface area contributed by atoms with Crippen molar-refractivity contribution in [2.45, 2.75) is 19.9 Å². The van der Waals surface area contributed by atoms with Gasteiger partial charge in [-0.15, -0.1) is 0 Å². The maximum absolute atomic E-state index is 11.9. The molecule has 0 aliphatic carbocycles. The average molecular weight is 275 g/mol. The Labute approximate surface area is 117 Å². The number of nitrogens with one attached hydrogen (secondary N) is 1. The largest absolute Gasteiger partial charge is 0.480 e. The number of hydrogen-bond acceptors (Lipinski definition) is 4. The van der Waals surface area contributed by atoms with Gasteiger partial charge >= 0.3 is 5.97 Å². The molecule has 1 rings (SSSR count). The summed E-state index contributed by atoms with van der Waals surface area (Å²) in [5, 5.41) is 20.1. The molecule has 0 heterocycles. The lowest BCUT2D eigenvalue weighted by atomic mass is 10.2. The van der Waals surface area contributed by atoms with Gasteiger partial charge in [-0.2, -0.15) is 5.26 Å². The van der Waals surface area contributed by atoms with E-state index in [0.29, 0.717) is 11.3 Å². The van der Waals surface area contributed by atoms with Crippen LogP contribution in [-0.2, 0) is 9.59 Å². The molecule has 6 heteroatoms. The second kappa shape index (κ2) is 7.26. The van der Waals surface area contributed by atoms with E-state index in [1.165, 1.54) is 0 Å². The number of carboxylic acid groups (broad SMARTS) is 1. The Morgan fingerprint density at radius 2 is 1.90 bits per heavy atom. The number of hydrogen-bond donors (Lipinski definition) is 2. The molecule has 0 bridgehead atoms. The Hall–Kier alpha value is -2.39. The molecular weight excluding hydrogens is 258 g/mol. The Bertz CT molecular complexity index is 517. The highest BCUT2D eigenvalue weighted by Crippen LogP contribution is 2.09. The summed E-state index contributed by atoms with van der Waals surface area (Å²) in [5.74, 6) is -1.26. The molecule has 2 N–H and O–H groups in total. The van der Waals surface area contributed by atoms with Crippen molar-refractivity contribution >= 4 is 17.6 Å². The van der Waals surface area contributed by atoms with Crippen molar-refractivity contribution in [2.75, 3.05) is 18.4 Å². The van der Waals surface area contributed by atoms with Gasteiger partial charge in [0.1, 0.15) is 0 Å². The minimum absolute atomic E-state index is 0.00394. The fourth-order valence-corrected chi connectivity index (χ4v) is 1.61. The number of anilines is 1. The first-order chi connectivity index (χ1) is 9.42. The van der Waals surface area contributed by atoms with Crippen LogP contribution in [0.15, 0.2) is 24.3 Å². The molecule has 1 aromatic rings. The summed E-state index contributed by atoms with van der Waals surface area (Å²) in [6.07, 6.45) is 0. The highest BCUT2D eigenvalue weighted by molar-refractivity contribution is 5.92. The van der Waals surface area contributed by atoms with E-state index in [9.17, 15) is 9.59 Å². The van der Waals surface area contributed by atoms with E-state index in [4.69, 9.17) is 10.4 Å². The standard InChI is InChI=1S/C14H17N3O3/c1-10(2)17(9-14(19)20)8-13(18)16-12-5-3-11(7-15)4-6-12/h3-6,10H,8-9H2,1-2H3,(H,16,18)(H,19,20). The number of benzene rings is 1. The summed E-state index contributed by atoms with van der Waals surface area (Å²) in [4.78, 5) is 24.1. The molecule has 0 aromatic heterocycles. The van der Waals surface area contributed by atoms with E-state index in [2.05, 4.69) is 5.32 Å². The lowest BCUT2D eigenvalue weighted by Gasteiger charge is -2.23. The van der Waals surface area contributed by atoms with Crippen molar-refractivity contribution in [1.82, 2.24) is 4.90 Å². The lowest BCUT2D eigenvalue weighted by molar-refractivity contribution is -0.139. The number of nitriles is 1. The molecular formula is C14H17N3O3. The highest BCUT2D eigenvalue weighted by atomic mass is 16.4. The predicted molar refractivity (Wildman–Crippen MR) is 74.1 cm³/mol. The van der Waals surface area contributed by atoms with E-state index >= 15 is 0 Å². The molecule has 0 spiro atoms. The van der Waals surface area contributed by atoms with Gasteiger partial charge in [0.15, 0.2) is 0 Å². The third-order valence-corrected chi connectivity index (χ3v) is 2.71. The summed E-state index contributed by atoms with van der Waals surface area (Å²) in [7, 11) is 0. The van der Waals surface area contributed by atoms with Gasteiger partial charge in [0, 0.05) is 11.7 Å². The molecule has 0 saturated carbocycles. The first-order valence-electron chi connectivity index (χ1n) is 6.18. The number of carboxylic acids is 1. The van der Waals surface area contributed by atoms with Crippen LogP contribution in [0.2, 0.25) is 0 Å². The molecule has 0 saturated heterocycles. The van der Waals surface area contributed by atoms with Crippen molar-refractivity contribution in [3.8, 4) is 6.07 Å². The van der Waals surface area contributed by atoms with Crippen molar-refractivity contribution in [2.24, 2.45) is 0 Å². The smallest absolute Gasteiger partial charge is 0.317 e. The number of amides is 1. The summed E-state index contributed by atoms with van der Waals surface area (Å²) >= 11 is 0. The lowest BCUT2D eigenvalue weighted by Crippen LogP contribution is -2.41. The number of carbonyl (C=O) groups is 2. The van der Waals surface area contributed by atoms with Crippen LogP contribution in [0.25, 0.3) is 0 Å². The molecule has 0 fully saturated rings. The van der Waals surface area contributed by atoms with Crippen LogP contribution in [0.3, 0.4) is 0 Å². The molecule has 1 amide bonds. The fourth-order valence-electron chi connectivity index (χ4n) is 1.61. The van der Waals surface area contributed by atoms with Crippen LogP contribution in [0, 0.1) is 11.3 Å². The third kappa shape index (κ3) is 5.08. The van der Waals surface area contributed by atoms with E-state index in [-0.39, 0.29) is 25.0 Å². The number of rotatable bonds is 6. The van der Waals surface area contributed by atoms with Gasteiger partial charge in [-0.25, -0.2) is 0 Å². The van der Waals surface area contributed by atoms with Gasteiger partial charge in [-0.05, 0) is 38.1 Å². The zero-order valence-electron chi connectivity index (χ0n) is 11.5. The number of nitrogens with zero attached hydrogens (tertiary/aromatic N) is 2. The van der Waals surface area contributed by atoms with Crippen LogP contribution in [0.5, 0.6) is 0 Å². The fraction of sp³-hybridized carbons (Fsp3) is 0.357. The van der Waals surface area contributed by atoms with Gasteiger partial charge in [0.2, 0.25) is 5.91 Å². The van der Waals surface area contributed by atoms with Gasteiger partial charge in [0.05, 0.1) is 24.7 Å². The Morgan fingerprint density at radius 1 is 1.30 bits per heavy atom. The van der Waals surface area contributed by atoms with Crippen LogP contribution >= 0.6 is 0 Å². The average Bonchev–Trinajstić information content (AvgIpc) is 2.38. The summed E-state index contributed by atoms with van der Waals surface area (Å²) in [5.41, 5.74) is 1.09. The zero-order chi connectivity index (χ0) is 15.1. The molecule has 6 nitrogen and oxygen atoms in total. The number of aliphatic carboxylic acids is 1. The third-order valence-electron chi connectivity index (χ3n) is 2.71. The van der Waals surface area contributed by atoms with E-state index in [1.54, 1.807) is 29.2 Å². The molecule has 20 heavy (non-hydrogen) atoms. The SMILES string of the molecule is CC(C)N(CC(=O)O)CC(=O)Nc1ccc(C#N)cc1. The quantitative estimate of drug-likeness (QED) is 0.816. The zero-order valence-corrected chi connectivity index (χ0v) is 11.5. The first kappa shape index (κ1) is 15.7. The van der Waals surface area contributed by atoms with E-state index in [0.717, 1.165) is 0 Å². The van der Waals surface area contributed by atoms with E-state index in [1.807, 2.05) is 19.9 Å². The minimum Gasteiger partial charge on any atom is -0.480 e. The van der Waals surface area contributed by atoms with Crippen molar-refractivity contribution < 1.29 is 14.7 Å². The maximum Gasteiger partial charge on any atom is 0.317 e. The Kier molecular flexibility index (Phi) is 5.69. The predicted octanol–water partition coefficient (Wildman–Crippen LogP) is 1.29. The molecule has 106 valence electrons. The first-order valence-corrected chi connectivity index (χ1v) is 6.18. The molecule has 1 aromatic carbocycles. The summed E-state index contributed by atoms with van der Waals surface area (Å²) < 4.78 is 0. The summed E-state index contributed by atoms with van der Waals surface area (Å²) in [6, 6.07) is 8.42. The summed E-state index contributed by atoms with van der Waals surface area (Å²) in [6.45, 7) is 3.48. The van der Waals surface area contributed by atoms with Gasteiger partial charge < -0.3 is 10.4 Å². The van der Waals surface area contributed by atoms with Crippen molar-refractivity contribution in [1.29, 1.82) is 5.26 Å². The molecule has 0 radical (unpaired) electrons. The van der Waals surface area contributed by atoms with Crippen LogP contribution in [0.1, 0.15) is 19.4 Å². The van der Waals surface area contributed by atoms with Gasteiger partial charge in [-0.1, -0.05) is 0 Å². The molecule has 0 aliphatic rings.